The van der Waals surface area contributed by atoms with Crippen LogP contribution in [-0.2, 0) is 0 Å². The smallest absolute Gasteiger partial charge is 0.123 e. The van der Waals surface area contributed by atoms with E-state index in [2.05, 4.69) is 35.8 Å². The molecule has 0 bridgehead atoms. The quantitative estimate of drug-likeness (QED) is 0.781. The summed E-state index contributed by atoms with van der Waals surface area (Å²) in [5.74, 6) is 2.44. The highest BCUT2D eigenvalue weighted by Gasteiger charge is 2.18. The lowest BCUT2D eigenvalue weighted by Crippen LogP contribution is -2.47. The number of phenolic OH excluding ortho intramolecular Hbond substituents is 1. The minimum absolute atomic E-state index is 0.314. The molecule has 0 aliphatic carbocycles. The Kier molecular flexibility index (Phi) is 6.68. The van der Waals surface area contributed by atoms with Gasteiger partial charge in [-0.05, 0) is 54.8 Å². The van der Waals surface area contributed by atoms with E-state index in [9.17, 15) is 5.11 Å². The van der Waals surface area contributed by atoms with E-state index in [-0.39, 0.29) is 0 Å². The van der Waals surface area contributed by atoms with Crippen LogP contribution in [0.15, 0.2) is 36.4 Å². The number of hydrogen-bond acceptors (Lipinski definition) is 5. The molecule has 2 aromatic rings. The van der Waals surface area contributed by atoms with Crippen molar-refractivity contribution in [3.05, 3.63) is 47.5 Å². The van der Waals surface area contributed by atoms with Crippen molar-refractivity contribution in [3.63, 3.8) is 0 Å². The predicted octanol–water partition coefficient (Wildman–Crippen LogP) is 4.03. The third kappa shape index (κ3) is 4.90. The van der Waals surface area contributed by atoms with Gasteiger partial charge in [0.05, 0.1) is 7.11 Å². The second-order valence-electron chi connectivity index (χ2n) is 7.71. The fourth-order valence-corrected chi connectivity index (χ4v) is 3.57. The van der Waals surface area contributed by atoms with Crippen LogP contribution in [0.25, 0.3) is 0 Å². The van der Waals surface area contributed by atoms with Crippen LogP contribution in [0.5, 0.6) is 17.2 Å². The number of nitrogens with zero attached hydrogens (tertiary/aromatic N) is 2. The molecule has 1 heterocycles. The Labute approximate surface area is 168 Å². The van der Waals surface area contributed by atoms with Gasteiger partial charge < -0.3 is 19.5 Å². The van der Waals surface area contributed by atoms with Crippen molar-refractivity contribution in [2.24, 2.45) is 0 Å². The van der Waals surface area contributed by atoms with Crippen molar-refractivity contribution in [1.82, 2.24) is 4.90 Å². The second kappa shape index (κ2) is 9.20. The number of benzene rings is 2. The number of methoxy groups -OCH3 is 1. The molecule has 0 saturated carbocycles. The van der Waals surface area contributed by atoms with Crippen LogP contribution in [0.2, 0.25) is 0 Å². The molecule has 0 atom stereocenters. The van der Waals surface area contributed by atoms with Crippen LogP contribution < -0.4 is 14.4 Å². The zero-order valence-corrected chi connectivity index (χ0v) is 17.4. The number of ether oxygens (including phenoxy) is 2. The van der Waals surface area contributed by atoms with Crippen LogP contribution in [0.4, 0.5) is 5.69 Å². The van der Waals surface area contributed by atoms with Crippen molar-refractivity contribution >= 4 is 5.69 Å². The summed E-state index contributed by atoms with van der Waals surface area (Å²) in [6.07, 6.45) is 0. The Hall–Kier alpha value is -2.40. The van der Waals surface area contributed by atoms with Gasteiger partial charge in [0.15, 0.2) is 0 Å². The monoisotopic (exact) mass is 384 g/mol. The fourth-order valence-electron chi connectivity index (χ4n) is 3.57. The molecule has 1 aliphatic rings. The van der Waals surface area contributed by atoms with Crippen LogP contribution in [0.1, 0.15) is 30.9 Å². The molecule has 152 valence electrons. The highest BCUT2D eigenvalue weighted by Crippen LogP contribution is 2.32. The van der Waals surface area contributed by atoms with E-state index in [1.807, 2.05) is 31.2 Å². The molecule has 0 spiro atoms. The highest BCUT2D eigenvalue weighted by molar-refractivity contribution is 5.49. The maximum absolute atomic E-state index is 9.98. The first-order valence-electron chi connectivity index (χ1n) is 10.1. The first-order chi connectivity index (χ1) is 13.5. The van der Waals surface area contributed by atoms with Crippen molar-refractivity contribution in [3.8, 4) is 17.2 Å². The molecule has 1 fully saturated rings. The van der Waals surface area contributed by atoms with Gasteiger partial charge in [0, 0.05) is 44.0 Å². The number of hydrogen-bond donors (Lipinski definition) is 1. The van der Waals surface area contributed by atoms with Gasteiger partial charge in [0.25, 0.3) is 0 Å². The molecule has 1 saturated heterocycles. The van der Waals surface area contributed by atoms with Gasteiger partial charge in [-0.1, -0.05) is 13.8 Å². The van der Waals surface area contributed by atoms with E-state index in [1.165, 1.54) is 5.69 Å². The number of aromatic hydroxyl groups is 1. The Morgan fingerprint density at radius 2 is 1.71 bits per heavy atom. The molecule has 2 aromatic carbocycles. The molecule has 1 N–H and O–H groups in total. The highest BCUT2D eigenvalue weighted by atomic mass is 16.5. The molecule has 3 rings (SSSR count). The Morgan fingerprint density at radius 1 is 1.04 bits per heavy atom. The van der Waals surface area contributed by atoms with E-state index < -0.39 is 0 Å². The first kappa shape index (κ1) is 20.3. The largest absolute Gasteiger partial charge is 0.508 e. The molecule has 5 heteroatoms. The van der Waals surface area contributed by atoms with Crippen LogP contribution in [0.3, 0.4) is 0 Å². The molecular weight excluding hydrogens is 352 g/mol. The number of anilines is 1. The van der Waals surface area contributed by atoms with Crippen molar-refractivity contribution in [2.75, 3.05) is 51.3 Å². The minimum atomic E-state index is 0.314. The van der Waals surface area contributed by atoms with Gasteiger partial charge in [-0.3, -0.25) is 4.90 Å². The fraction of sp³-hybridized carbons (Fsp3) is 0.478. The summed E-state index contributed by atoms with van der Waals surface area (Å²) in [5.41, 5.74) is 3.16. The summed E-state index contributed by atoms with van der Waals surface area (Å²) in [4.78, 5) is 4.86. The Bertz CT molecular complexity index is 766. The van der Waals surface area contributed by atoms with E-state index in [0.717, 1.165) is 55.3 Å². The van der Waals surface area contributed by atoms with Crippen LogP contribution in [-0.4, -0.2) is 56.4 Å². The molecule has 5 nitrogen and oxygen atoms in total. The second-order valence-corrected chi connectivity index (χ2v) is 7.71. The Balaban J connectivity index is 1.49. The van der Waals surface area contributed by atoms with E-state index in [1.54, 1.807) is 7.11 Å². The predicted molar refractivity (Wildman–Crippen MR) is 114 cm³/mol. The summed E-state index contributed by atoms with van der Waals surface area (Å²) in [7, 11) is 1.69. The van der Waals surface area contributed by atoms with Gasteiger partial charge in [-0.2, -0.15) is 0 Å². The maximum Gasteiger partial charge on any atom is 0.123 e. The number of piperazine rings is 1. The number of aryl methyl sites for hydroxylation is 1. The summed E-state index contributed by atoms with van der Waals surface area (Å²) in [6, 6.07) is 12.1. The number of rotatable bonds is 7. The maximum atomic E-state index is 9.98. The SMILES string of the molecule is COc1ccc(N2CCN(CCOc3cc(C)c(O)cc3C(C)C)CC2)cc1. The lowest BCUT2D eigenvalue weighted by Gasteiger charge is -2.36. The molecule has 0 amide bonds. The van der Waals surface area contributed by atoms with Crippen molar-refractivity contribution < 1.29 is 14.6 Å². The average Bonchev–Trinajstić information content (AvgIpc) is 2.71. The third-order valence-electron chi connectivity index (χ3n) is 5.43. The molecule has 28 heavy (non-hydrogen) atoms. The van der Waals surface area contributed by atoms with Gasteiger partial charge in [0.2, 0.25) is 0 Å². The molecule has 0 aromatic heterocycles. The third-order valence-corrected chi connectivity index (χ3v) is 5.43. The van der Waals surface area contributed by atoms with E-state index in [4.69, 9.17) is 9.47 Å². The zero-order valence-electron chi connectivity index (χ0n) is 17.4. The minimum Gasteiger partial charge on any atom is -0.508 e. The topological polar surface area (TPSA) is 45.2 Å². The molecule has 1 aliphatic heterocycles. The van der Waals surface area contributed by atoms with Crippen LogP contribution in [0, 0.1) is 6.92 Å². The molecule has 0 radical (unpaired) electrons. The van der Waals surface area contributed by atoms with Gasteiger partial charge in [-0.15, -0.1) is 0 Å². The standard InChI is InChI=1S/C23H32N2O3/c1-17(2)21-16-22(26)18(3)15-23(21)28-14-13-24-9-11-25(12-10-24)19-5-7-20(27-4)8-6-19/h5-8,15-17,26H,9-14H2,1-4H3. The van der Waals surface area contributed by atoms with Gasteiger partial charge in [-0.25, -0.2) is 0 Å². The molecular formula is C23H32N2O3. The zero-order chi connectivity index (χ0) is 20.1. The first-order valence-corrected chi connectivity index (χ1v) is 10.1. The van der Waals surface area contributed by atoms with Crippen molar-refractivity contribution in [2.45, 2.75) is 26.7 Å². The lowest BCUT2D eigenvalue weighted by molar-refractivity contribution is 0.199. The van der Waals surface area contributed by atoms with Gasteiger partial charge in [0.1, 0.15) is 23.9 Å². The summed E-state index contributed by atoms with van der Waals surface area (Å²) in [5, 5.41) is 9.98. The average molecular weight is 385 g/mol. The number of phenols is 1. The summed E-state index contributed by atoms with van der Waals surface area (Å²) < 4.78 is 11.3. The summed E-state index contributed by atoms with van der Waals surface area (Å²) in [6.45, 7) is 11.8. The Morgan fingerprint density at radius 3 is 2.32 bits per heavy atom. The van der Waals surface area contributed by atoms with E-state index >= 15 is 0 Å². The summed E-state index contributed by atoms with van der Waals surface area (Å²) >= 11 is 0. The van der Waals surface area contributed by atoms with Gasteiger partial charge >= 0.3 is 0 Å². The molecule has 0 unspecified atom stereocenters. The van der Waals surface area contributed by atoms with Crippen molar-refractivity contribution in [1.29, 1.82) is 0 Å². The normalized spacial score (nSPS) is 15.1. The lowest BCUT2D eigenvalue weighted by atomic mass is 10.00. The van der Waals surface area contributed by atoms with E-state index in [0.29, 0.717) is 18.3 Å². The van der Waals surface area contributed by atoms with Crippen LogP contribution >= 0.6 is 0 Å².